The molecule has 0 amide bonds. The van der Waals surface area contributed by atoms with Crippen molar-refractivity contribution in [2.45, 2.75) is 25.3 Å². The number of aliphatic hydroxyl groups is 1. The lowest BCUT2D eigenvalue weighted by atomic mass is 9.89. The largest absolute Gasteiger partial charge is 0.502 e. The van der Waals surface area contributed by atoms with Crippen LogP contribution >= 0.6 is 0 Å². The van der Waals surface area contributed by atoms with Crippen molar-refractivity contribution in [2.75, 3.05) is 6.54 Å². The lowest BCUT2D eigenvalue weighted by Crippen LogP contribution is -2.41. The molecule has 0 aromatic heterocycles. The maximum absolute atomic E-state index is 12.4. The van der Waals surface area contributed by atoms with E-state index in [1.165, 1.54) is 22.8 Å². The van der Waals surface area contributed by atoms with Crippen LogP contribution < -0.4 is 5.43 Å². The van der Waals surface area contributed by atoms with Crippen LogP contribution in [-0.4, -0.2) is 54.2 Å². The van der Waals surface area contributed by atoms with Gasteiger partial charge in [-0.15, -0.1) is 0 Å². The number of phenolic OH excluding ortho intramolecular Hbond substituents is 1. The molecule has 1 unspecified atom stereocenters. The third kappa shape index (κ3) is 4.09. The molecule has 1 fully saturated rings. The SMILES string of the molecule is O=C(O)C1CCCC[N+]1=C(O)c1ccccc1-c1c2ccc(=O)c([N+](=O)[O-])c-2oc2c([N+](=O)[O-])c(O)ccc12. The van der Waals surface area contributed by atoms with Gasteiger partial charge in [-0.25, -0.2) is 4.79 Å². The lowest BCUT2D eigenvalue weighted by Gasteiger charge is -2.20. The predicted octanol–water partition coefficient (Wildman–Crippen LogP) is 4.04. The molecule has 2 heterocycles. The summed E-state index contributed by atoms with van der Waals surface area (Å²) >= 11 is 0. The van der Waals surface area contributed by atoms with Gasteiger partial charge in [0.2, 0.25) is 11.3 Å². The molecule has 13 heteroatoms. The van der Waals surface area contributed by atoms with E-state index < -0.39 is 55.8 Å². The number of fused-ring (bicyclic) bond motifs is 2. The molecular weight excluding hydrogens is 514 g/mol. The summed E-state index contributed by atoms with van der Waals surface area (Å²) in [5, 5.41) is 55.1. The van der Waals surface area contributed by atoms with Crippen LogP contribution in [0.2, 0.25) is 0 Å². The van der Waals surface area contributed by atoms with Gasteiger partial charge in [0.15, 0.2) is 5.75 Å². The second kappa shape index (κ2) is 9.52. The van der Waals surface area contributed by atoms with Gasteiger partial charge in [-0.2, -0.15) is 4.58 Å². The average molecular weight is 534 g/mol. The summed E-state index contributed by atoms with van der Waals surface area (Å²) in [5.74, 6) is -2.79. The van der Waals surface area contributed by atoms with E-state index >= 15 is 0 Å². The van der Waals surface area contributed by atoms with Crippen LogP contribution in [0.1, 0.15) is 24.8 Å². The molecule has 13 nitrogen and oxygen atoms in total. The number of hydrogen-bond donors (Lipinski definition) is 3. The summed E-state index contributed by atoms with van der Waals surface area (Å²) in [5.41, 5.74) is -2.76. The highest BCUT2D eigenvalue weighted by Crippen LogP contribution is 2.47. The molecule has 39 heavy (non-hydrogen) atoms. The second-order valence-corrected chi connectivity index (χ2v) is 9.00. The van der Waals surface area contributed by atoms with Crippen LogP contribution in [0.3, 0.4) is 0 Å². The standard InChI is InChI=1S/C26H19N3O10/c30-18-10-8-15-20(13-5-1-2-6-14(13)25(32)27-12-4-3-7-17(27)26(33)34)16-9-11-19(31)22(29(37)38)24(16)39-23(15)21(18)28(35)36/h1-2,5-6,8-11,17H,3-4,7,12H2,(H2,30,31,33,34)/p+1. The van der Waals surface area contributed by atoms with Gasteiger partial charge in [-0.1, -0.05) is 18.2 Å². The van der Waals surface area contributed by atoms with Gasteiger partial charge in [-0.05, 0) is 36.8 Å². The molecule has 2 aliphatic heterocycles. The van der Waals surface area contributed by atoms with E-state index in [-0.39, 0.29) is 40.1 Å². The van der Waals surface area contributed by atoms with E-state index in [9.17, 15) is 45.1 Å². The minimum absolute atomic E-state index is 0.0440. The summed E-state index contributed by atoms with van der Waals surface area (Å²) in [6, 6.07) is 9.91. The van der Waals surface area contributed by atoms with Crippen molar-refractivity contribution in [2.24, 2.45) is 0 Å². The molecule has 3 N–H and O–H groups in total. The number of aliphatic hydroxyl groups excluding tert-OH is 1. The first-order valence-electron chi connectivity index (χ1n) is 11.8. The Kier molecular flexibility index (Phi) is 6.18. The third-order valence-corrected chi connectivity index (χ3v) is 6.81. The van der Waals surface area contributed by atoms with Gasteiger partial charge in [0, 0.05) is 34.9 Å². The van der Waals surface area contributed by atoms with Crippen LogP contribution in [0, 0.1) is 20.2 Å². The number of rotatable bonds is 5. The number of carboxylic acids is 1. The number of hydrogen-bond acceptors (Lipinski definition) is 8. The monoisotopic (exact) mass is 534 g/mol. The Morgan fingerprint density at radius 2 is 1.67 bits per heavy atom. The van der Waals surface area contributed by atoms with Crippen LogP contribution in [0.25, 0.3) is 33.4 Å². The van der Waals surface area contributed by atoms with Crippen molar-refractivity contribution < 1.29 is 39.0 Å². The van der Waals surface area contributed by atoms with Gasteiger partial charge >= 0.3 is 23.2 Å². The molecule has 3 aliphatic rings. The van der Waals surface area contributed by atoms with Gasteiger partial charge < -0.3 is 19.7 Å². The van der Waals surface area contributed by atoms with E-state index in [1.54, 1.807) is 18.2 Å². The first kappa shape index (κ1) is 25.3. The molecule has 1 aliphatic carbocycles. The molecule has 0 bridgehead atoms. The molecule has 0 spiro atoms. The van der Waals surface area contributed by atoms with Crippen molar-refractivity contribution in [1.82, 2.24) is 0 Å². The number of nitrogens with zero attached hydrogens (tertiary/aromatic N) is 3. The molecule has 1 saturated heterocycles. The summed E-state index contributed by atoms with van der Waals surface area (Å²) in [4.78, 5) is 46.2. The van der Waals surface area contributed by atoms with E-state index in [2.05, 4.69) is 0 Å². The summed E-state index contributed by atoms with van der Waals surface area (Å²) < 4.78 is 6.98. The third-order valence-electron chi connectivity index (χ3n) is 6.81. The van der Waals surface area contributed by atoms with Crippen LogP contribution in [0.4, 0.5) is 11.4 Å². The Bertz CT molecular complexity index is 1760. The van der Waals surface area contributed by atoms with E-state index in [4.69, 9.17) is 4.42 Å². The number of nitro benzene ring substituents is 2. The van der Waals surface area contributed by atoms with Gasteiger partial charge in [0.1, 0.15) is 6.54 Å². The highest BCUT2D eigenvalue weighted by atomic mass is 16.6. The Labute approximate surface area is 218 Å². The molecule has 0 radical (unpaired) electrons. The van der Waals surface area contributed by atoms with Crippen molar-refractivity contribution in [3.05, 3.63) is 84.5 Å². The fraction of sp³-hybridized carbons (Fsp3) is 0.192. The fourth-order valence-electron chi connectivity index (χ4n) is 5.09. The molecular formula is C26H20N3O10+. The number of nitro groups is 2. The average Bonchev–Trinajstić information content (AvgIpc) is 2.90. The normalized spacial score (nSPS) is 16.8. The fourth-order valence-corrected chi connectivity index (χ4v) is 5.09. The Morgan fingerprint density at radius 3 is 2.36 bits per heavy atom. The predicted molar refractivity (Wildman–Crippen MR) is 137 cm³/mol. The molecule has 1 atom stereocenters. The summed E-state index contributed by atoms with van der Waals surface area (Å²) in [6.45, 7) is 0.257. The van der Waals surface area contributed by atoms with E-state index in [0.29, 0.717) is 19.3 Å². The van der Waals surface area contributed by atoms with Crippen molar-refractivity contribution in [3.63, 3.8) is 0 Å². The maximum Gasteiger partial charge on any atom is 0.373 e. The Balaban J connectivity index is 1.95. The minimum Gasteiger partial charge on any atom is -0.502 e. The zero-order valence-corrected chi connectivity index (χ0v) is 20.1. The Hall–Kier alpha value is -5.33. The minimum atomic E-state index is -1.11. The smallest absolute Gasteiger partial charge is 0.373 e. The lowest BCUT2D eigenvalue weighted by molar-refractivity contribution is -0.570. The number of carbonyl (C=O) groups is 1. The first-order valence-corrected chi connectivity index (χ1v) is 11.8. The van der Waals surface area contributed by atoms with Crippen LogP contribution in [0.15, 0.2) is 57.7 Å². The van der Waals surface area contributed by atoms with E-state index in [1.807, 2.05) is 0 Å². The topological polar surface area (TPSA) is 197 Å². The molecule has 2 aromatic rings. The molecule has 198 valence electrons. The van der Waals surface area contributed by atoms with Crippen LogP contribution in [-0.2, 0) is 4.79 Å². The van der Waals surface area contributed by atoms with Gasteiger partial charge in [-0.3, -0.25) is 25.0 Å². The summed E-state index contributed by atoms with van der Waals surface area (Å²) in [7, 11) is 0. The van der Waals surface area contributed by atoms with Crippen molar-refractivity contribution >= 4 is 34.2 Å². The van der Waals surface area contributed by atoms with Crippen LogP contribution in [0.5, 0.6) is 5.75 Å². The maximum atomic E-state index is 12.4. The molecule has 0 saturated carbocycles. The van der Waals surface area contributed by atoms with Crippen molar-refractivity contribution in [3.8, 4) is 28.2 Å². The molecule has 5 rings (SSSR count). The number of phenols is 1. The zero-order valence-electron chi connectivity index (χ0n) is 20.1. The second-order valence-electron chi connectivity index (χ2n) is 9.00. The van der Waals surface area contributed by atoms with Gasteiger partial charge in [0.25, 0.3) is 11.5 Å². The van der Waals surface area contributed by atoms with Crippen molar-refractivity contribution in [1.29, 1.82) is 0 Å². The number of piperidine rings is 1. The molecule has 2 aromatic carbocycles. The first-order chi connectivity index (χ1) is 18.6. The quantitative estimate of drug-likeness (QED) is 0.110. The van der Waals surface area contributed by atoms with E-state index in [0.717, 1.165) is 12.1 Å². The number of aliphatic carboxylic acids is 1. The number of carboxylic acid groups (broad SMARTS) is 1. The van der Waals surface area contributed by atoms with Gasteiger partial charge in [0.05, 0.1) is 15.4 Å². The zero-order chi connectivity index (χ0) is 28.0. The highest BCUT2D eigenvalue weighted by Gasteiger charge is 2.37. The Morgan fingerprint density at radius 1 is 0.949 bits per heavy atom. The summed E-state index contributed by atoms with van der Waals surface area (Å²) in [6.07, 6.45) is 1.60. The number of benzene rings is 3. The highest BCUT2D eigenvalue weighted by molar-refractivity contribution is 6.10. The number of aromatic hydroxyl groups is 1.